The molecule has 3 aliphatic rings. The Labute approximate surface area is 600 Å². The lowest BCUT2D eigenvalue weighted by molar-refractivity contribution is -0.379. The number of carbonyl (C=O) groups is 1. The van der Waals surface area contributed by atoms with Gasteiger partial charge in [0.1, 0.15) is 73.2 Å². The zero-order valence-electron chi connectivity index (χ0n) is 62.2. The van der Waals surface area contributed by atoms with Gasteiger partial charge in [-0.2, -0.15) is 0 Å². The third-order valence-corrected chi connectivity index (χ3v) is 20.4. The van der Waals surface area contributed by atoms with Gasteiger partial charge in [-0.25, -0.2) is 0 Å². The van der Waals surface area contributed by atoms with Gasteiger partial charge in [-0.05, 0) is 44.9 Å². The molecule has 0 radical (unpaired) electrons. The fourth-order valence-corrected chi connectivity index (χ4v) is 13.9. The van der Waals surface area contributed by atoms with Crippen molar-refractivity contribution in [2.45, 2.75) is 439 Å². The molecule has 582 valence electrons. The number of aliphatic hydroxyl groups excluding tert-OH is 11. The van der Waals surface area contributed by atoms with Crippen LogP contribution in [0.5, 0.6) is 0 Å². The van der Waals surface area contributed by atoms with Gasteiger partial charge in [-0.1, -0.05) is 320 Å². The van der Waals surface area contributed by atoms with Crippen molar-refractivity contribution in [1.29, 1.82) is 0 Å². The predicted octanol–water partition coefficient (Wildman–Crippen LogP) is 13.5. The summed E-state index contributed by atoms with van der Waals surface area (Å²) < 4.78 is 34.4. The maximum atomic E-state index is 13.5. The van der Waals surface area contributed by atoms with Gasteiger partial charge in [0.15, 0.2) is 18.9 Å². The first kappa shape index (κ1) is 91.2. The summed E-state index contributed by atoms with van der Waals surface area (Å²) in [6.07, 6.45) is 48.6. The summed E-state index contributed by atoms with van der Waals surface area (Å²) in [6, 6.07) is -0.996. The molecule has 17 atom stereocenters. The lowest BCUT2D eigenvalue weighted by Crippen LogP contribution is -2.66. The van der Waals surface area contributed by atoms with E-state index >= 15 is 0 Å². The highest BCUT2D eigenvalue weighted by Gasteiger charge is 2.54. The van der Waals surface area contributed by atoms with Crippen LogP contribution in [0.1, 0.15) is 335 Å². The first-order valence-electron chi connectivity index (χ1n) is 40.7. The fourth-order valence-electron chi connectivity index (χ4n) is 13.9. The minimum absolute atomic E-state index is 0.236. The fraction of sp³-hybridized carbons (Fsp3) is 0.912. The Morgan fingerprint density at radius 1 is 0.354 bits per heavy atom. The van der Waals surface area contributed by atoms with Crippen LogP contribution < -0.4 is 5.32 Å². The molecule has 0 saturated carbocycles. The van der Waals surface area contributed by atoms with Gasteiger partial charge in [0.05, 0.1) is 38.6 Å². The monoisotopic (exact) mass is 1410 g/mol. The lowest BCUT2D eigenvalue weighted by Gasteiger charge is -2.48. The lowest BCUT2D eigenvalue weighted by atomic mass is 9.96. The largest absolute Gasteiger partial charge is 0.394 e. The number of unbranched alkanes of at least 4 members (excludes halogenated alkanes) is 45. The molecule has 1 amide bonds. The quantitative estimate of drug-likeness (QED) is 0.0199. The zero-order valence-corrected chi connectivity index (χ0v) is 62.2. The maximum Gasteiger partial charge on any atom is 0.220 e. The molecule has 0 aromatic rings. The van der Waals surface area contributed by atoms with Crippen molar-refractivity contribution in [1.82, 2.24) is 5.32 Å². The van der Waals surface area contributed by atoms with Crippen molar-refractivity contribution in [3.63, 3.8) is 0 Å². The molecule has 3 fully saturated rings. The average Bonchev–Trinajstić information content (AvgIpc) is 0.506. The van der Waals surface area contributed by atoms with Crippen LogP contribution >= 0.6 is 0 Å². The maximum absolute atomic E-state index is 13.5. The zero-order chi connectivity index (χ0) is 71.8. The van der Waals surface area contributed by atoms with Crippen LogP contribution in [0.2, 0.25) is 0 Å². The Kier molecular flexibility index (Phi) is 56.4. The number of rotatable bonds is 65. The summed E-state index contributed by atoms with van der Waals surface area (Å²) in [5.41, 5.74) is 0. The van der Waals surface area contributed by atoms with E-state index in [1.807, 2.05) is 6.08 Å². The SMILES string of the molecule is CCCCCCCCCCCCCCCCCCCC/C=C/CC/C=C/CC/C=C/C(O)C(COC1OC(CO)C(OC2OC(CO)C(OC3OC(CO)C(O)C(O)C3O)C(O)C2O)C(O)C1O)NC(=O)CCCCCCCCCCCCCCCCCCCCCCCCCCCC. The predicted molar refractivity (Wildman–Crippen MR) is 393 cm³/mol. The first-order chi connectivity index (χ1) is 48.3. The van der Waals surface area contributed by atoms with Gasteiger partial charge in [0.25, 0.3) is 0 Å². The summed E-state index contributed by atoms with van der Waals surface area (Å²) >= 11 is 0. The van der Waals surface area contributed by atoms with E-state index < -0.39 is 124 Å². The summed E-state index contributed by atoms with van der Waals surface area (Å²) in [5.74, 6) is -0.283. The summed E-state index contributed by atoms with van der Waals surface area (Å²) in [4.78, 5) is 13.5. The van der Waals surface area contributed by atoms with Gasteiger partial charge in [-0.15, -0.1) is 0 Å². The third kappa shape index (κ3) is 41.5. The molecule has 0 spiro atoms. The Hall–Kier alpha value is -1.99. The minimum Gasteiger partial charge on any atom is -0.394 e. The van der Waals surface area contributed by atoms with E-state index in [4.69, 9.17) is 28.4 Å². The minimum atomic E-state index is -1.98. The van der Waals surface area contributed by atoms with Crippen molar-refractivity contribution in [2.75, 3.05) is 26.4 Å². The number of ether oxygens (including phenoxy) is 6. The molecule has 0 aliphatic carbocycles. The molecule has 3 saturated heterocycles. The second kappa shape index (κ2) is 61.2. The number of allylic oxidation sites excluding steroid dienone is 5. The van der Waals surface area contributed by atoms with Crippen molar-refractivity contribution in [2.24, 2.45) is 0 Å². The van der Waals surface area contributed by atoms with Gasteiger partial charge in [-0.3, -0.25) is 4.79 Å². The number of hydrogen-bond donors (Lipinski definition) is 12. The molecule has 0 bridgehead atoms. The Morgan fingerprint density at radius 3 is 1.01 bits per heavy atom. The van der Waals surface area contributed by atoms with Crippen LogP contribution in [0.15, 0.2) is 36.5 Å². The first-order valence-corrected chi connectivity index (χ1v) is 40.7. The number of carbonyl (C=O) groups excluding carboxylic acids is 1. The number of amides is 1. The highest BCUT2D eigenvalue weighted by Crippen LogP contribution is 2.33. The summed E-state index contributed by atoms with van der Waals surface area (Å²) in [6.45, 7) is 1.77. The van der Waals surface area contributed by atoms with Crippen molar-refractivity contribution >= 4 is 5.91 Å². The molecule has 0 aromatic heterocycles. The van der Waals surface area contributed by atoms with Gasteiger partial charge in [0, 0.05) is 6.42 Å². The standard InChI is InChI=1S/C80H149NO18/c1-3-5-7-9-11-13-15-17-19-21-23-25-27-29-31-32-33-35-37-39-41-43-45-47-49-51-53-55-57-64(85)63(81-68(86)58-56-54-52-50-48-46-44-42-40-38-36-34-30-28-26-24-22-20-18-16-14-12-10-8-6-4-2)62-94-78-74(92)71(89)76(66(60-83)96-78)99-80-75(93)72(90)77(67(61-84)97-80)98-79-73(91)70(88)69(87)65(59-82)95-79/h39,41,47,49,55,57,63-67,69-80,82-85,87-93H,3-38,40,42-46,48,50-54,56,58-62H2,1-2H3,(H,81,86)/b41-39+,49-47+,57-55+. The molecule has 17 unspecified atom stereocenters. The van der Waals surface area contributed by atoms with E-state index in [0.717, 1.165) is 44.9 Å². The summed E-state index contributed by atoms with van der Waals surface area (Å²) in [7, 11) is 0. The van der Waals surface area contributed by atoms with Gasteiger partial charge < -0.3 is 89.9 Å². The number of aliphatic hydroxyl groups is 11. The molecule has 19 heteroatoms. The van der Waals surface area contributed by atoms with Crippen LogP contribution in [-0.4, -0.2) is 193 Å². The Bertz CT molecular complexity index is 1930. The van der Waals surface area contributed by atoms with E-state index in [1.54, 1.807) is 6.08 Å². The summed E-state index contributed by atoms with van der Waals surface area (Å²) in [5, 5.41) is 121. The van der Waals surface area contributed by atoms with Crippen molar-refractivity contribution in [3.05, 3.63) is 36.5 Å². The number of hydrogen-bond acceptors (Lipinski definition) is 18. The molecule has 3 rings (SSSR count). The van der Waals surface area contributed by atoms with Crippen LogP contribution in [0.4, 0.5) is 0 Å². The molecule has 3 heterocycles. The van der Waals surface area contributed by atoms with E-state index in [2.05, 4.69) is 43.5 Å². The van der Waals surface area contributed by atoms with Crippen LogP contribution in [0, 0.1) is 0 Å². The highest BCUT2D eigenvalue weighted by molar-refractivity contribution is 5.76. The Balaban J connectivity index is 1.39. The smallest absolute Gasteiger partial charge is 0.220 e. The normalized spacial score (nSPS) is 26.7. The van der Waals surface area contributed by atoms with Crippen LogP contribution in [0.3, 0.4) is 0 Å². The second-order valence-corrected chi connectivity index (χ2v) is 29.2. The van der Waals surface area contributed by atoms with E-state index in [0.29, 0.717) is 12.8 Å². The average molecular weight is 1410 g/mol. The molecule has 0 aromatic carbocycles. The van der Waals surface area contributed by atoms with Crippen molar-refractivity contribution < 1.29 is 89.4 Å². The van der Waals surface area contributed by atoms with Crippen LogP contribution in [0.25, 0.3) is 0 Å². The topological polar surface area (TPSA) is 307 Å². The van der Waals surface area contributed by atoms with Gasteiger partial charge >= 0.3 is 0 Å². The highest BCUT2D eigenvalue weighted by atomic mass is 16.8. The third-order valence-electron chi connectivity index (χ3n) is 20.4. The van der Waals surface area contributed by atoms with E-state index in [1.165, 1.54) is 257 Å². The number of nitrogens with one attached hydrogen (secondary N) is 1. The van der Waals surface area contributed by atoms with Crippen LogP contribution in [-0.2, 0) is 33.2 Å². The van der Waals surface area contributed by atoms with E-state index in [9.17, 15) is 61.0 Å². The van der Waals surface area contributed by atoms with E-state index in [-0.39, 0.29) is 18.9 Å². The Morgan fingerprint density at radius 2 is 0.646 bits per heavy atom. The van der Waals surface area contributed by atoms with Gasteiger partial charge in [0.2, 0.25) is 5.91 Å². The molecular weight excluding hydrogens is 1260 g/mol. The molecular formula is C80H149NO18. The molecule has 3 aliphatic heterocycles. The second-order valence-electron chi connectivity index (χ2n) is 29.2. The molecule has 99 heavy (non-hydrogen) atoms. The molecule has 19 nitrogen and oxygen atoms in total. The van der Waals surface area contributed by atoms with Crippen molar-refractivity contribution in [3.8, 4) is 0 Å². The molecule has 12 N–H and O–H groups in total.